The van der Waals surface area contributed by atoms with E-state index in [2.05, 4.69) is 5.32 Å². The third-order valence-electron chi connectivity index (χ3n) is 1.67. The molecule has 0 spiro atoms. The Labute approximate surface area is 86.5 Å². The molecule has 0 aliphatic rings. The minimum absolute atomic E-state index is 0.102. The van der Waals surface area contributed by atoms with Gasteiger partial charge in [0.2, 0.25) is 0 Å². The van der Waals surface area contributed by atoms with Gasteiger partial charge in [0.15, 0.2) is 0 Å². The maximum Gasteiger partial charge on any atom is 0.0556 e. The van der Waals surface area contributed by atoms with Gasteiger partial charge in [-0.05, 0) is 6.07 Å². The maximum atomic E-state index is 8.64. The summed E-state index contributed by atoms with van der Waals surface area (Å²) in [5, 5.41) is 14.4. The zero-order valence-electron chi connectivity index (χ0n) is 7.16. The lowest BCUT2D eigenvalue weighted by Crippen LogP contribution is -2.29. The van der Waals surface area contributed by atoms with Crippen LogP contribution >= 0.6 is 22.9 Å². The monoisotopic (exact) mass is 220 g/mol. The minimum Gasteiger partial charge on any atom is -0.395 e. The van der Waals surface area contributed by atoms with Crippen LogP contribution in [-0.2, 0) is 0 Å². The molecule has 0 aromatic carbocycles. The molecule has 0 amide bonds. The van der Waals surface area contributed by atoms with Crippen LogP contribution in [0.1, 0.15) is 10.9 Å². The van der Waals surface area contributed by atoms with E-state index >= 15 is 0 Å². The highest BCUT2D eigenvalue weighted by Crippen LogP contribution is 2.24. The van der Waals surface area contributed by atoms with Crippen LogP contribution < -0.4 is 11.1 Å². The Bertz CT molecular complexity index is 254. The number of nitrogens with one attached hydrogen (secondary N) is 1. The van der Waals surface area contributed by atoms with Crippen LogP contribution in [-0.4, -0.2) is 24.8 Å². The molecule has 1 rings (SSSR count). The van der Waals surface area contributed by atoms with E-state index in [0.717, 1.165) is 9.90 Å². The second-order valence-corrected chi connectivity index (χ2v) is 4.01. The Hall–Kier alpha value is -0.130. The number of hydrogen-bond donors (Lipinski definition) is 3. The zero-order valence-corrected chi connectivity index (χ0v) is 8.74. The molecule has 1 atom stereocenters. The fraction of sp³-hybridized carbons (Fsp3) is 0.500. The number of halogens is 1. The largest absolute Gasteiger partial charge is 0.395 e. The molecule has 74 valence electrons. The lowest BCUT2D eigenvalue weighted by Gasteiger charge is -2.13. The van der Waals surface area contributed by atoms with Crippen LogP contribution in [0.3, 0.4) is 0 Å². The Kier molecular flexibility index (Phi) is 4.69. The summed E-state index contributed by atoms with van der Waals surface area (Å²) in [4.78, 5) is 1.11. The van der Waals surface area contributed by atoms with Crippen molar-refractivity contribution in [3.05, 3.63) is 21.3 Å². The van der Waals surface area contributed by atoms with Gasteiger partial charge in [-0.1, -0.05) is 11.6 Å². The predicted octanol–water partition coefficient (Wildman–Crippen LogP) is 0.983. The third kappa shape index (κ3) is 3.25. The number of aliphatic hydroxyl groups excluding tert-OH is 1. The Morgan fingerprint density at radius 2 is 2.46 bits per heavy atom. The van der Waals surface area contributed by atoms with Gasteiger partial charge in [0.25, 0.3) is 0 Å². The van der Waals surface area contributed by atoms with Gasteiger partial charge in [0.1, 0.15) is 0 Å². The van der Waals surface area contributed by atoms with E-state index in [0.29, 0.717) is 13.1 Å². The van der Waals surface area contributed by atoms with Crippen LogP contribution in [0.5, 0.6) is 0 Å². The van der Waals surface area contributed by atoms with Crippen molar-refractivity contribution in [3.8, 4) is 0 Å². The summed E-state index contributed by atoms with van der Waals surface area (Å²) in [6.45, 7) is 1.18. The van der Waals surface area contributed by atoms with Gasteiger partial charge in [0, 0.05) is 23.3 Å². The highest BCUT2D eigenvalue weighted by atomic mass is 35.5. The molecular formula is C8H13ClN2OS. The van der Waals surface area contributed by atoms with Gasteiger partial charge in [-0.25, -0.2) is 0 Å². The molecule has 0 bridgehead atoms. The van der Waals surface area contributed by atoms with Crippen molar-refractivity contribution in [1.29, 1.82) is 0 Å². The van der Waals surface area contributed by atoms with Crippen LogP contribution in [0.4, 0.5) is 0 Å². The van der Waals surface area contributed by atoms with Gasteiger partial charge < -0.3 is 16.2 Å². The molecule has 3 nitrogen and oxygen atoms in total. The molecule has 0 radical (unpaired) electrons. The molecule has 0 aliphatic carbocycles. The quantitative estimate of drug-likeness (QED) is 0.694. The van der Waals surface area contributed by atoms with Crippen molar-refractivity contribution in [1.82, 2.24) is 5.32 Å². The molecule has 4 N–H and O–H groups in total. The first-order valence-corrected chi connectivity index (χ1v) is 5.32. The minimum atomic E-state index is 0.102. The first-order valence-electron chi connectivity index (χ1n) is 4.06. The summed E-state index contributed by atoms with van der Waals surface area (Å²) >= 11 is 7.36. The summed E-state index contributed by atoms with van der Waals surface area (Å²) < 4.78 is 0. The Morgan fingerprint density at radius 1 is 1.69 bits per heavy atom. The number of rotatable bonds is 5. The number of nitrogens with two attached hydrogens (primary N) is 1. The van der Waals surface area contributed by atoms with Crippen LogP contribution in [0.25, 0.3) is 0 Å². The van der Waals surface area contributed by atoms with Gasteiger partial charge in [-0.2, -0.15) is 0 Å². The van der Waals surface area contributed by atoms with Crippen LogP contribution in [0.15, 0.2) is 11.4 Å². The fourth-order valence-electron chi connectivity index (χ4n) is 1.05. The topological polar surface area (TPSA) is 58.3 Å². The summed E-state index contributed by atoms with van der Waals surface area (Å²) in [7, 11) is 0. The van der Waals surface area contributed by atoms with Gasteiger partial charge >= 0.3 is 0 Å². The average molecular weight is 221 g/mol. The average Bonchev–Trinajstić information content (AvgIpc) is 2.54. The third-order valence-corrected chi connectivity index (χ3v) is 3.06. The lowest BCUT2D eigenvalue weighted by molar-refractivity contribution is 0.285. The highest BCUT2D eigenvalue weighted by molar-refractivity contribution is 7.10. The molecule has 1 aromatic heterocycles. The van der Waals surface area contributed by atoms with E-state index in [1.165, 1.54) is 0 Å². The second kappa shape index (κ2) is 5.57. The molecular weight excluding hydrogens is 208 g/mol. The summed E-state index contributed by atoms with van der Waals surface area (Å²) in [5.74, 6) is 0. The van der Waals surface area contributed by atoms with Gasteiger partial charge in [-0.15, -0.1) is 11.3 Å². The zero-order chi connectivity index (χ0) is 9.68. The molecule has 5 heteroatoms. The highest BCUT2D eigenvalue weighted by Gasteiger charge is 2.10. The molecule has 0 aliphatic heterocycles. The van der Waals surface area contributed by atoms with Crippen molar-refractivity contribution < 1.29 is 5.11 Å². The van der Waals surface area contributed by atoms with Crippen molar-refractivity contribution >= 4 is 22.9 Å². The van der Waals surface area contributed by atoms with E-state index in [1.807, 2.05) is 11.4 Å². The number of thiophene rings is 1. The van der Waals surface area contributed by atoms with Gasteiger partial charge in [-0.3, -0.25) is 0 Å². The van der Waals surface area contributed by atoms with E-state index in [4.69, 9.17) is 22.4 Å². The Morgan fingerprint density at radius 3 is 2.92 bits per heavy atom. The first kappa shape index (κ1) is 10.9. The summed E-state index contributed by atoms with van der Waals surface area (Å²) in [6, 6.07) is 2.00. The predicted molar refractivity (Wildman–Crippen MR) is 56.2 cm³/mol. The van der Waals surface area contributed by atoms with Crippen molar-refractivity contribution in [2.75, 3.05) is 19.7 Å². The second-order valence-electron chi connectivity index (χ2n) is 2.63. The standard InChI is InChI=1S/C8H13ClN2OS/c9-6-3-8(13-5-6)7(4-10)11-1-2-12/h3,5,7,11-12H,1-2,4,10H2. The van der Waals surface area contributed by atoms with Crippen LogP contribution in [0.2, 0.25) is 5.02 Å². The van der Waals surface area contributed by atoms with E-state index in [9.17, 15) is 0 Å². The molecule has 1 aromatic rings. The molecule has 0 saturated carbocycles. The summed E-state index contributed by atoms with van der Waals surface area (Å²) in [5.41, 5.74) is 5.57. The summed E-state index contributed by atoms with van der Waals surface area (Å²) in [6.07, 6.45) is 0. The van der Waals surface area contributed by atoms with Crippen molar-refractivity contribution in [2.24, 2.45) is 5.73 Å². The number of aliphatic hydroxyl groups is 1. The molecule has 13 heavy (non-hydrogen) atoms. The smallest absolute Gasteiger partial charge is 0.0556 e. The lowest BCUT2D eigenvalue weighted by atomic mass is 10.2. The Balaban J connectivity index is 2.56. The van der Waals surface area contributed by atoms with E-state index < -0.39 is 0 Å². The van der Waals surface area contributed by atoms with Crippen LogP contribution in [0, 0.1) is 0 Å². The molecule has 1 unspecified atom stereocenters. The molecule has 1 heterocycles. The van der Waals surface area contributed by atoms with Gasteiger partial charge in [0.05, 0.1) is 17.7 Å². The number of hydrogen-bond acceptors (Lipinski definition) is 4. The molecule has 0 saturated heterocycles. The normalized spacial score (nSPS) is 13.2. The fourth-order valence-corrected chi connectivity index (χ4v) is 2.22. The van der Waals surface area contributed by atoms with E-state index in [1.54, 1.807) is 11.3 Å². The maximum absolute atomic E-state index is 8.64. The van der Waals surface area contributed by atoms with E-state index in [-0.39, 0.29) is 12.6 Å². The van der Waals surface area contributed by atoms with Crippen molar-refractivity contribution in [3.63, 3.8) is 0 Å². The first-order chi connectivity index (χ1) is 6.27. The van der Waals surface area contributed by atoms with Crippen molar-refractivity contribution in [2.45, 2.75) is 6.04 Å². The SMILES string of the molecule is NCC(NCCO)c1cc(Cl)cs1. The molecule has 0 fully saturated rings.